The van der Waals surface area contributed by atoms with E-state index in [0.717, 1.165) is 18.6 Å². The molecule has 16 heavy (non-hydrogen) atoms. The van der Waals surface area contributed by atoms with Gasteiger partial charge >= 0.3 is 0 Å². The summed E-state index contributed by atoms with van der Waals surface area (Å²) in [6.07, 6.45) is 5.94. The lowest BCUT2D eigenvalue weighted by molar-refractivity contribution is -0.122. The SMILES string of the molecule is CN(C)N=C(C(=O)N(C)C)C1CCCCC1. The van der Waals surface area contributed by atoms with Crippen molar-refractivity contribution in [2.45, 2.75) is 32.1 Å². The molecule has 0 aromatic carbocycles. The molecule has 4 heteroatoms. The van der Waals surface area contributed by atoms with Crippen molar-refractivity contribution in [3.8, 4) is 0 Å². The molecule has 1 aliphatic carbocycles. The lowest BCUT2D eigenvalue weighted by Gasteiger charge is -2.25. The van der Waals surface area contributed by atoms with Gasteiger partial charge in [-0.3, -0.25) is 4.79 Å². The highest BCUT2D eigenvalue weighted by molar-refractivity contribution is 6.39. The molecular formula is C12H23N3O. The fourth-order valence-electron chi connectivity index (χ4n) is 2.12. The highest BCUT2D eigenvalue weighted by Gasteiger charge is 2.26. The monoisotopic (exact) mass is 225 g/mol. The molecule has 1 amide bonds. The van der Waals surface area contributed by atoms with Gasteiger partial charge in [0.05, 0.1) is 0 Å². The van der Waals surface area contributed by atoms with Gasteiger partial charge in [0.2, 0.25) is 0 Å². The van der Waals surface area contributed by atoms with Crippen LogP contribution in [0, 0.1) is 5.92 Å². The predicted octanol–water partition coefficient (Wildman–Crippen LogP) is 1.57. The topological polar surface area (TPSA) is 35.9 Å². The maximum Gasteiger partial charge on any atom is 0.269 e. The van der Waals surface area contributed by atoms with Crippen molar-refractivity contribution in [1.82, 2.24) is 9.91 Å². The largest absolute Gasteiger partial charge is 0.344 e. The third kappa shape index (κ3) is 3.51. The second-order valence-electron chi connectivity index (χ2n) is 4.87. The van der Waals surface area contributed by atoms with E-state index in [2.05, 4.69) is 5.10 Å². The van der Waals surface area contributed by atoms with E-state index in [0.29, 0.717) is 5.92 Å². The van der Waals surface area contributed by atoms with Crippen molar-refractivity contribution >= 4 is 11.6 Å². The zero-order valence-corrected chi connectivity index (χ0v) is 10.9. The van der Waals surface area contributed by atoms with Gasteiger partial charge in [0, 0.05) is 34.1 Å². The number of rotatable bonds is 3. The Balaban J connectivity index is 2.81. The Hall–Kier alpha value is -1.06. The summed E-state index contributed by atoms with van der Waals surface area (Å²) in [4.78, 5) is 13.7. The van der Waals surface area contributed by atoms with Gasteiger partial charge in [-0.25, -0.2) is 0 Å². The van der Waals surface area contributed by atoms with E-state index >= 15 is 0 Å². The molecule has 1 aliphatic rings. The molecule has 0 bridgehead atoms. The minimum atomic E-state index is 0.0561. The zero-order valence-electron chi connectivity index (χ0n) is 10.9. The molecule has 1 saturated carbocycles. The van der Waals surface area contributed by atoms with E-state index in [1.807, 2.05) is 14.1 Å². The zero-order chi connectivity index (χ0) is 12.1. The van der Waals surface area contributed by atoms with Crippen LogP contribution in [0.4, 0.5) is 0 Å². The van der Waals surface area contributed by atoms with Crippen molar-refractivity contribution in [1.29, 1.82) is 0 Å². The van der Waals surface area contributed by atoms with Gasteiger partial charge in [-0.15, -0.1) is 0 Å². The molecule has 0 aromatic heterocycles. The first-order valence-electron chi connectivity index (χ1n) is 6.00. The van der Waals surface area contributed by atoms with Crippen molar-refractivity contribution in [2.24, 2.45) is 11.0 Å². The predicted molar refractivity (Wildman–Crippen MR) is 66.4 cm³/mol. The molecule has 0 heterocycles. The number of hydrogen-bond donors (Lipinski definition) is 0. The van der Waals surface area contributed by atoms with E-state index in [4.69, 9.17) is 0 Å². The van der Waals surface area contributed by atoms with Gasteiger partial charge < -0.3 is 9.91 Å². The minimum Gasteiger partial charge on any atom is -0.344 e. The highest BCUT2D eigenvalue weighted by Crippen LogP contribution is 2.25. The van der Waals surface area contributed by atoms with Crippen molar-refractivity contribution in [3.05, 3.63) is 0 Å². The van der Waals surface area contributed by atoms with Gasteiger partial charge in [-0.1, -0.05) is 19.3 Å². The summed E-state index contributed by atoms with van der Waals surface area (Å²) >= 11 is 0. The summed E-state index contributed by atoms with van der Waals surface area (Å²) in [7, 11) is 7.31. The van der Waals surface area contributed by atoms with Gasteiger partial charge in [0.25, 0.3) is 5.91 Å². The number of carbonyl (C=O) groups is 1. The fraction of sp³-hybridized carbons (Fsp3) is 0.833. The third-order valence-electron chi connectivity index (χ3n) is 2.92. The number of hydrazone groups is 1. The number of hydrogen-bond acceptors (Lipinski definition) is 3. The first-order chi connectivity index (χ1) is 7.52. The molecule has 0 aliphatic heterocycles. The molecule has 0 unspecified atom stereocenters. The Bertz CT molecular complexity index is 265. The lowest BCUT2D eigenvalue weighted by atomic mass is 9.85. The Labute approximate surface area is 98.3 Å². The Morgan fingerprint density at radius 1 is 1.06 bits per heavy atom. The van der Waals surface area contributed by atoms with Crippen LogP contribution in [0.3, 0.4) is 0 Å². The molecule has 0 atom stereocenters. The molecule has 0 N–H and O–H groups in total. The summed E-state index contributed by atoms with van der Waals surface area (Å²) in [5, 5.41) is 6.11. The first kappa shape index (κ1) is 13.0. The third-order valence-corrected chi connectivity index (χ3v) is 2.92. The van der Waals surface area contributed by atoms with Crippen LogP contribution in [-0.4, -0.2) is 49.7 Å². The van der Waals surface area contributed by atoms with Crippen molar-refractivity contribution < 1.29 is 4.79 Å². The maximum atomic E-state index is 12.0. The maximum absolute atomic E-state index is 12.0. The molecule has 92 valence electrons. The van der Waals surface area contributed by atoms with Crippen LogP contribution in [0.15, 0.2) is 5.10 Å². The Morgan fingerprint density at radius 2 is 1.62 bits per heavy atom. The van der Waals surface area contributed by atoms with Crippen LogP contribution < -0.4 is 0 Å². The number of nitrogens with zero attached hydrogens (tertiary/aromatic N) is 3. The van der Waals surface area contributed by atoms with Crippen LogP contribution >= 0.6 is 0 Å². The molecular weight excluding hydrogens is 202 g/mol. The molecule has 0 aromatic rings. The number of amides is 1. The summed E-state index contributed by atoms with van der Waals surface area (Å²) in [5.41, 5.74) is 0.731. The molecule has 0 radical (unpaired) electrons. The molecule has 1 fully saturated rings. The highest BCUT2D eigenvalue weighted by atomic mass is 16.2. The summed E-state index contributed by atoms with van der Waals surface area (Å²) in [5.74, 6) is 0.409. The minimum absolute atomic E-state index is 0.0561. The Kier molecular flexibility index (Phi) is 4.77. The smallest absolute Gasteiger partial charge is 0.269 e. The normalized spacial score (nSPS) is 18.4. The van der Waals surface area contributed by atoms with Gasteiger partial charge in [-0.05, 0) is 12.8 Å². The van der Waals surface area contributed by atoms with E-state index in [-0.39, 0.29) is 5.91 Å². The van der Waals surface area contributed by atoms with Crippen LogP contribution in [0.2, 0.25) is 0 Å². The van der Waals surface area contributed by atoms with E-state index < -0.39 is 0 Å². The van der Waals surface area contributed by atoms with Gasteiger partial charge in [-0.2, -0.15) is 5.10 Å². The first-order valence-corrected chi connectivity index (χ1v) is 6.00. The van der Waals surface area contributed by atoms with Crippen LogP contribution in [-0.2, 0) is 4.79 Å². The summed E-state index contributed by atoms with van der Waals surface area (Å²) < 4.78 is 0. The van der Waals surface area contributed by atoms with Crippen LogP contribution in [0.5, 0.6) is 0 Å². The molecule has 0 saturated heterocycles. The quantitative estimate of drug-likeness (QED) is 0.540. The second kappa shape index (κ2) is 5.87. The van der Waals surface area contributed by atoms with Gasteiger partial charge in [0.15, 0.2) is 0 Å². The summed E-state index contributed by atoms with van der Waals surface area (Å²) in [6, 6.07) is 0. The standard InChI is InChI=1S/C12H23N3O/c1-14(2)12(16)11(13-15(3)4)10-8-6-5-7-9-10/h10H,5-9H2,1-4H3. The fourth-order valence-corrected chi connectivity index (χ4v) is 2.12. The molecule has 4 nitrogen and oxygen atoms in total. The number of carbonyl (C=O) groups excluding carboxylic acids is 1. The van der Waals surface area contributed by atoms with E-state index in [9.17, 15) is 4.79 Å². The van der Waals surface area contributed by atoms with E-state index in [1.54, 1.807) is 24.0 Å². The molecule has 1 rings (SSSR count). The molecule has 0 spiro atoms. The lowest BCUT2D eigenvalue weighted by Crippen LogP contribution is -2.36. The average molecular weight is 225 g/mol. The van der Waals surface area contributed by atoms with Gasteiger partial charge in [0.1, 0.15) is 5.71 Å². The second-order valence-corrected chi connectivity index (χ2v) is 4.87. The van der Waals surface area contributed by atoms with Crippen molar-refractivity contribution in [3.63, 3.8) is 0 Å². The van der Waals surface area contributed by atoms with E-state index in [1.165, 1.54) is 19.3 Å². The average Bonchev–Trinajstić information content (AvgIpc) is 2.26. The van der Waals surface area contributed by atoms with Crippen LogP contribution in [0.1, 0.15) is 32.1 Å². The Morgan fingerprint density at radius 3 is 2.06 bits per heavy atom. The summed E-state index contributed by atoms with van der Waals surface area (Å²) in [6.45, 7) is 0. The van der Waals surface area contributed by atoms with Crippen LogP contribution in [0.25, 0.3) is 0 Å². The van der Waals surface area contributed by atoms with Crippen molar-refractivity contribution in [2.75, 3.05) is 28.2 Å².